The highest BCUT2D eigenvalue weighted by Gasteiger charge is 2.13. The van der Waals surface area contributed by atoms with Crippen molar-refractivity contribution in [2.45, 2.75) is 26.5 Å². The van der Waals surface area contributed by atoms with Crippen molar-refractivity contribution >= 4 is 24.0 Å². The molecule has 1 rings (SSSR count). The number of benzene rings is 1. The van der Waals surface area contributed by atoms with E-state index in [1.165, 1.54) is 0 Å². The van der Waals surface area contributed by atoms with Crippen LogP contribution in [-0.2, 0) is 6.54 Å². The van der Waals surface area contributed by atoms with E-state index in [-0.39, 0.29) is 18.5 Å². The van der Waals surface area contributed by atoms with Gasteiger partial charge in [0.1, 0.15) is 0 Å². The first-order valence-electron chi connectivity index (χ1n) is 5.26. The summed E-state index contributed by atoms with van der Waals surface area (Å²) in [7, 11) is 3.49. The van der Waals surface area contributed by atoms with E-state index in [0.29, 0.717) is 17.3 Å². The first-order valence-corrected chi connectivity index (χ1v) is 5.64. The molecular weight excluding hydrogens is 261 g/mol. The summed E-state index contributed by atoms with van der Waals surface area (Å²) in [6.45, 7) is 4.66. The molecule has 98 valence electrons. The van der Waals surface area contributed by atoms with Crippen LogP contribution in [0.2, 0.25) is 5.02 Å². The minimum Gasteiger partial charge on any atom is -0.493 e. The van der Waals surface area contributed by atoms with Crippen molar-refractivity contribution in [3.63, 3.8) is 0 Å². The lowest BCUT2D eigenvalue weighted by atomic mass is 10.2. The summed E-state index contributed by atoms with van der Waals surface area (Å²) in [5.41, 5.74) is 1.00. The van der Waals surface area contributed by atoms with Crippen LogP contribution in [-0.4, -0.2) is 20.3 Å². The highest BCUT2D eigenvalue weighted by molar-refractivity contribution is 6.30. The summed E-state index contributed by atoms with van der Waals surface area (Å²) < 4.78 is 11.0. The first-order chi connectivity index (χ1) is 7.58. The molecule has 0 heterocycles. The lowest BCUT2D eigenvalue weighted by molar-refractivity contribution is 0.227. The molecule has 5 heteroatoms. The Bertz CT molecular complexity index is 357. The summed E-state index contributed by atoms with van der Waals surface area (Å²) >= 11 is 6.01. The molecule has 0 saturated heterocycles. The van der Waals surface area contributed by atoms with Crippen LogP contribution < -0.4 is 14.8 Å². The maximum atomic E-state index is 6.01. The molecule has 1 aromatic rings. The molecule has 0 radical (unpaired) electrons. The van der Waals surface area contributed by atoms with E-state index in [1.54, 1.807) is 13.2 Å². The van der Waals surface area contributed by atoms with Crippen molar-refractivity contribution in [1.29, 1.82) is 0 Å². The molecule has 0 spiro atoms. The van der Waals surface area contributed by atoms with Crippen molar-refractivity contribution in [2.24, 2.45) is 0 Å². The molecule has 0 bridgehead atoms. The molecule has 1 aromatic carbocycles. The van der Waals surface area contributed by atoms with Crippen LogP contribution in [0.4, 0.5) is 0 Å². The SMILES string of the molecule is CNCc1cc(Cl)cc(OC)c1OC(C)C.Cl. The van der Waals surface area contributed by atoms with Gasteiger partial charge in [-0.15, -0.1) is 12.4 Å². The molecule has 0 aromatic heterocycles. The number of halogens is 2. The third-order valence-electron chi connectivity index (χ3n) is 2.04. The fourth-order valence-electron chi connectivity index (χ4n) is 1.47. The highest BCUT2D eigenvalue weighted by Crippen LogP contribution is 2.35. The summed E-state index contributed by atoms with van der Waals surface area (Å²) in [5, 5.41) is 3.73. The molecule has 0 unspecified atom stereocenters. The van der Waals surface area contributed by atoms with Gasteiger partial charge in [0.15, 0.2) is 11.5 Å². The Morgan fingerprint density at radius 3 is 2.47 bits per heavy atom. The number of nitrogens with one attached hydrogen (secondary N) is 1. The van der Waals surface area contributed by atoms with Crippen molar-refractivity contribution in [3.8, 4) is 11.5 Å². The van der Waals surface area contributed by atoms with E-state index in [1.807, 2.05) is 27.0 Å². The minimum atomic E-state index is 0. The monoisotopic (exact) mass is 279 g/mol. The third kappa shape index (κ3) is 4.62. The van der Waals surface area contributed by atoms with Gasteiger partial charge in [0, 0.05) is 23.2 Å². The number of hydrogen-bond donors (Lipinski definition) is 1. The average Bonchev–Trinajstić information content (AvgIpc) is 2.21. The lowest BCUT2D eigenvalue weighted by Crippen LogP contribution is -2.12. The normalized spacial score (nSPS) is 10.0. The Balaban J connectivity index is 0.00000256. The second-order valence-electron chi connectivity index (χ2n) is 3.79. The van der Waals surface area contributed by atoms with Crippen LogP contribution in [0.3, 0.4) is 0 Å². The van der Waals surface area contributed by atoms with Gasteiger partial charge in [0.2, 0.25) is 0 Å². The fraction of sp³-hybridized carbons (Fsp3) is 0.500. The Kier molecular flexibility index (Phi) is 7.35. The lowest BCUT2D eigenvalue weighted by Gasteiger charge is -2.17. The van der Waals surface area contributed by atoms with Gasteiger partial charge in [-0.25, -0.2) is 0 Å². The topological polar surface area (TPSA) is 30.5 Å². The van der Waals surface area contributed by atoms with Gasteiger partial charge < -0.3 is 14.8 Å². The summed E-state index contributed by atoms with van der Waals surface area (Å²) in [4.78, 5) is 0. The van der Waals surface area contributed by atoms with Gasteiger partial charge in [0.25, 0.3) is 0 Å². The van der Waals surface area contributed by atoms with E-state index in [2.05, 4.69) is 5.32 Å². The molecule has 0 amide bonds. The van der Waals surface area contributed by atoms with Crippen LogP contribution in [0.1, 0.15) is 19.4 Å². The zero-order valence-corrected chi connectivity index (χ0v) is 12.1. The number of ether oxygens (including phenoxy) is 2. The van der Waals surface area contributed by atoms with Gasteiger partial charge in [-0.2, -0.15) is 0 Å². The average molecular weight is 280 g/mol. The van der Waals surface area contributed by atoms with Crippen molar-refractivity contribution in [1.82, 2.24) is 5.32 Å². The minimum absolute atomic E-state index is 0. The Morgan fingerprint density at radius 1 is 1.35 bits per heavy atom. The van der Waals surface area contributed by atoms with Crippen LogP contribution in [0.25, 0.3) is 0 Å². The molecule has 0 atom stereocenters. The maximum Gasteiger partial charge on any atom is 0.166 e. The van der Waals surface area contributed by atoms with E-state index < -0.39 is 0 Å². The van der Waals surface area contributed by atoms with Crippen LogP contribution >= 0.6 is 24.0 Å². The highest BCUT2D eigenvalue weighted by atomic mass is 35.5. The molecular formula is C12H19Cl2NO2. The Hall–Kier alpha value is -0.640. The third-order valence-corrected chi connectivity index (χ3v) is 2.26. The molecule has 0 aliphatic heterocycles. The Morgan fingerprint density at radius 2 is 2.00 bits per heavy atom. The molecule has 17 heavy (non-hydrogen) atoms. The predicted octanol–water partition coefficient (Wildman–Crippen LogP) is 3.28. The molecule has 1 N–H and O–H groups in total. The first kappa shape index (κ1) is 16.4. The van der Waals surface area contributed by atoms with E-state index in [4.69, 9.17) is 21.1 Å². The van der Waals surface area contributed by atoms with Gasteiger partial charge in [-0.05, 0) is 27.0 Å². The number of methoxy groups -OCH3 is 1. The zero-order chi connectivity index (χ0) is 12.1. The Labute approximate surface area is 114 Å². The van der Waals surface area contributed by atoms with Crippen molar-refractivity contribution in [2.75, 3.05) is 14.2 Å². The summed E-state index contributed by atoms with van der Waals surface area (Å²) in [6.07, 6.45) is 0.102. The summed E-state index contributed by atoms with van der Waals surface area (Å²) in [6, 6.07) is 3.65. The second kappa shape index (κ2) is 7.64. The smallest absolute Gasteiger partial charge is 0.166 e. The molecule has 3 nitrogen and oxygen atoms in total. The number of hydrogen-bond acceptors (Lipinski definition) is 3. The largest absolute Gasteiger partial charge is 0.493 e. The number of rotatable bonds is 5. The quantitative estimate of drug-likeness (QED) is 0.897. The fourth-order valence-corrected chi connectivity index (χ4v) is 1.70. The van der Waals surface area contributed by atoms with Crippen LogP contribution in [0.5, 0.6) is 11.5 Å². The van der Waals surface area contributed by atoms with Crippen molar-refractivity contribution in [3.05, 3.63) is 22.7 Å². The van der Waals surface area contributed by atoms with Crippen LogP contribution in [0.15, 0.2) is 12.1 Å². The zero-order valence-electron chi connectivity index (χ0n) is 10.5. The predicted molar refractivity (Wildman–Crippen MR) is 73.8 cm³/mol. The van der Waals surface area contributed by atoms with E-state index >= 15 is 0 Å². The van der Waals surface area contributed by atoms with E-state index in [0.717, 1.165) is 11.3 Å². The van der Waals surface area contributed by atoms with Gasteiger partial charge >= 0.3 is 0 Å². The second-order valence-corrected chi connectivity index (χ2v) is 4.23. The van der Waals surface area contributed by atoms with Gasteiger partial charge in [-0.3, -0.25) is 0 Å². The standard InChI is InChI=1S/C12H18ClNO2.ClH/c1-8(2)16-12-9(7-14-3)5-10(13)6-11(12)15-4;/h5-6,8,14H,7H2,1-4H3;1H. The van der Waals surface area contributed by atoms with Gasteiger partial charge in [0.05, 0.1) is 13.2 Å². The maximum absolute atomic E-state index is 6.01. The molecule has 0 fully saturated rings. The molecule has 0 aliphatic rings. The van der Waals surface area contributed by atoms with Crippen molar-refractivity contribution < 1.29 is 9.47 Å². The molecule has 0 saturated carbocycles. The molecule has 0 aliphatic carbocycles. The van der Waals surface area contributed by atoms with Crippen LogP contribution in [0, 0.1) is 0 Å². The van der Waals surface area contributed by atoms with E-state index in [9.17, 15) is 0 Å². The van der Waals surface area contributed by atoms with Gasteiger partial charge in [-0.1, -0.05) is 11.6 Å². The summed E-state index contributed by atoms with van der Waals surface area (Å²) in [5.74, 6) is 1.43.